The molecule has 1 rings (SSSR count). The summed E-state index contributed by atoms with van der Waals surface area (Å²) < 4.78 is 5.71. The molecule has 0 spiro atoms. The molecule has 3 nitrogen and oxygen atoms in total. The average molecular weight is 244 g/mol. The van der Waals surface area contributed by atoms with Crippen molar-refractivity contribution in [2.75, 3.05) is 7.11 Å². The molecule has 2 N–H and O–H groups in total. The van der Waals surface area contributed by atoms with Crippen molar-refractivity contribution in [2.45, 2.75) is 6.92 Å². The summed E-state index contributed by atoms with van der Waals surface area (Å²) in [4.78, 5) is 11.1. The first-order chi connectivity index (χ1) is 6.07. The molecule has 0 aliphatic heterocycles. The van der Waals surface area contributed by atoms with Crippen LogP contribution < -0.4 is 10.5 Å². The summed E-state index contributed by atoms with van der Waals surface area (Å²) >= 11 is 3.29. The highest BCUT2D eigenvalue weighted by molar-refractivity contribution is 9.10. The highest BCUT2D eigenvalue weighted by atomic mass is 79.9. The quantitative estimate of drug-likeness (QED) is 0.863. The molecule has 0 unspecified atom stereocenters. The molecule has 0 aromatic heterocycles. The highest BCUT2D eigenvalue weighted by Gasteiger charge is 2.14. The summed E-state index contributed by atoms with van der Waals surface area (Å²) in [6, 6.07) is 3.58. The Labute approximate surface area is 85.0 Å². The number of hydrogen-bond acceptors (Lipinski definition) is 2. The zero-order valence-corrected chi connectivity index (χ0v) is 9.01. The van der Waals surface area contributed by atoms with Gasteiger partial charge in [-0.3, -0.25) is 4.79 Å². The van der Waals surface area contributed by atoms with Crippen LogP contribution in [0.2, 0.25) is 0 Å². The molecular formula is C9H10BrNO2. The maximum Gasteiger partial charge on any atom is 0.253 e. The second kappa shape index (κ2) is 3.79. The van der Waals surface area contributed by atoms with Crippen LogP contribution in [0, 0.1) is 6.92 Å². The predicted octanol–water partition coefficient (Wildman–Crippen LogP) is 1.87. The fraction of sp³-hybridized carbons (Fsp3) is 0.222. The Morgan fingerprint density at radius 2 is 2.15 bits per heavy atom. The molecule has 0 heterocycles. The molecule has 1 aromatic carbocycles. The molecule has 0 fully saturated rings. The number of rotatable bonds is 2. The van der Waals surface area contributed by atoms with E-state index in [1.165, 1.54) is 7.11 Å². The number of amides is 1. The first kappa shape index (κ1) is 10.1. The molecule has 0 bridgehead atoms. The topological polar surface area (TPSA) is 52.3 Å². The van der Waals surface area contributed by atoms with Gasteiger partial charge in [-0.15, -0.1) is 0 Å². The lowest BCUT2D eigenvalue weighted by Gasteiger charge is -2.08. The Morgan fingerprint density at radius 1 is 1.54 bits per heavy atom. The minimum absolute atomic E-state index is 0.391. The average Bonchev–Trinajstić information content (AvgIpc) is 2.08. The first-order valence-corrected chi connectivity index (χ1v) is 4.50. The fourth-order valence-electron chi connectivity index (χ4n) is 1.06. The van der Waals surface area contributed by atoms with E-state index in [0.717, 1.165) is 5.56 Å². The second-order valence-electron chi connectivity index (χ2n) is 2.64. The van der Waals surface area contributed by atoms with Crippen molar-refractivity contribution >= 4 is 21.8 Å². The van der Waals surface area contributed by atoms with Crippen LogP contribution in [0.3, 0.4) is 0 Å². The van der Waals surface area contributed by atoms with Crippen LogP contribution >= 0.6 is 15.9 Å². The number of halogens is 1. The third-order valence-corrected chi connectivity index (χ3v) is 2.79. The number of nitrogens with two attached hydrogens (primary N) is 1. The van der Waals surface area contributed by atoms with Gasteiger partial charge in [-0.1, -0.05) is 6.07 Å². The maximum atomic E-state index is 11.1. The van der Waals surface area contributed by atoms with E-state index in [1.54, 1.807) is 6.07 Å². The molecule has 0 aliphatic carbocycles. The number of aryl methyl sites for hydroxylation is 1. The van der Waals surface area contributed by atoms with Gasteiger partial charge in [0.2, 0.25) is 0 Å². The highest BCUT2D eigenvalue weighted by Crippen LogP contribution is 2.29. The van der Waals surface area contributed by atoms with Gasteiger partial charge < -0.3 is 10.5 Å². The third-order valence-electron chi connectivity index (χ3n) is 1.76. The zero-order chi connectivity index (χ0) is 10.0. The van der Waals surface area contributed by atoms with Gasteiger partial charge in [-0.2, -0.15) is 0 Å². The van der Waals surface area contributed by atoms with Gasteiger partial charge in [0, 0.05) is 4.47 Å². The smallest absolute Gasteiger partial charge is 0.253 e. The van der Waals surface area contributed by atoms with Gasteiger partial charge in [0.15, 0.2) is 0 Å². The monoisotopic (exact) mass is 243 g/mol. The summed E-state index contributed by atoms with van der Waals surface area (Å²) in [5.74, 6) is -0.00241. The maximum absolute atomic E-state index is 11.1. The van der Waals surface area contributed by atoms with Crippen LogP contribution in [-0.2, 0) is 0 Å². The van der Waals surface area contributed by atoms with Crippen molar-refractivity contribution in [3.63, 3.8) is 0 Å². The van der Waals surface area contributed by atoms with Crippen molar-refractivity contribution < 1.29 is 9.53 Å². The van der Waals surface area contributed by atoms with Gasteiger partial charge in [-0.25, -0.2) is 0 Å². The molecular weight excluding hydrogens is 234 g/mol. The van der Waals surface area contributed by atoms with Crippen molar-refractivity contribution in [1.29, 1.82) is 0 Å². The van der Waals surface area contributed by atoms with Crippen LogP contribution in [0.25, 0.3) is 0 Å². The largest absolute Gasteiger partial charge is 0.496 e. The van der Waals surface area contributed by atoms with E-state index in [4.69, 9.17) is 10.5 Å². The molecule has 0 atom stereocenters. The van der Waals surface area contributed by atoms with Crippen LogP contribution in [0.15, 0.2) is 16.6 Å². The first-order valence-electron chi connectivity index (χ1n) is 3.70. The van der Waals surface area contributed by atoms with E-state index < -0.39 is 5.91 Å². The normalized spacial score (nSPS) is 9.77. The van der Waals surface area contributed by atoms with Gasteiger partial charge in [0.05, 0.1) is 12.7 Å². The lowest BCUT2D eigenvalue weighted by atomic mass is 10.1. The SMILES string of the molecule is COc1ccc(C)c(Br)c1C(N)=O. The van der Waals surface area contributed by atoms with Gasteiger partial charge in [0.1, 0.15) is 5.75 Å². The number of carbonyl (C=O) groups excluding carboxylic acids is 1. The number of carbonyl (C=O) groups is 1. The van der Waals surface area contributed by atoms with Gasteiger partial charge >= 0.3 is 0 Å². The van der Waals surface area contributed by atoms with E-state index >= 15 is 0 Å². The van der Waals surface area contributed by atoms with Crippen LogP contribution in [0.4, 0.5) is 0 Å². The van der Waals surface area contributed by atoms with E-state index in [1.807, 2.05) is 13.0 Å². The summed E-state index contributed by atoms with van der Waals surface area (Å²) in [6.45, 7) is 1.88. The van der Waals surface area contributed by atoms with Gasteiger partial charge in [0.25, 0.3) is 5.91 Å². The standard InChI is InChI=1S/C9H10BrNO2/c1-5-3-4-6(13-2)7(8(5)10)9(11)12/h3-4H,1-2H3,(H2,11,12). The van der Waals surface area contributed by atoms with E-state index in [-0.39, 0.29) is 0 Å². The number of ether oxygens (including phenoxy) is 1. The van der Waals surface area contributed by atoms with Crippen molar-refractivity contribution in [1.82, 2.24) is 0 Å². The Balaban J connectivity index is 3.41. The molecule has 0 aliphatic rings. The molecule has 0 saturated heterocycles. The minimum atomic E-state index is -0.493. The lowest BCUT2D eigenvalue weighted by Crippen LogP contribution is -2.13. The van der Waals surface area contributed by atoms with E-state index in [0.29, 0.717) is 15.8 Å². The number of methoxy groups -OCH3 is 1. The molecule has 0 saturated carbocycles. The fourth-order valence-corrected chi connectivity index (χ4v) is 1.59. The van der Waals surface area contributed by atoms with Crippen molar-refractivity contribution in [3.8, 4) is 5.75 Å². The minimum Gasteiger partial charge on any atom is -0.496 e. The molecule has 70 valence electrons. The molecule has 4 heteroatoms. The van der Waals surface area contributed by atoms with E-state index in [9.17, 15) is 4.79 Å². The van der Waals surface area contributed by atoms with Gasteiger partial charge in [-0.05, 0) is 34.5 Å². The Morgan fingerprint density at radius 3 is 2.62 bits per heavy atom. The lowest BCUT2D eigenvalue weighted by molar-refractivity contribution is 0.0996. The summed E-state index contributed by atoms with van der Waals surface area (Å²) in [5, 5.41) is 0. The molecule has 0 radical (unpaired) electrons. The Bertz CT molecular complexity index is 350. The Kier molecular flexibility index (Phi) is 2.93. The van der Waals surface area contributed by atoms with Crippen LogP contribution in [-0.4, -0.2) is 13.0 Å². The predicted molar refractivity (Wildman–Crippen MR) is 53.9 cm³/mol. The van der Waals surface area contributed by atoms with E-state index in [2.05, 4.69) is 15.9 Å². The second-order valence-corrected chi connectivity index (χ2v) is 3.43. The number of primary amides is 1. The summed E-state index contributed by atoms with van der Waals surface area (Å²) in [5.41, 5.74) is 6.56. The van der Waals surface area contributed by atoms with Crippen molar-refractivity contribution in [2.24, 2.45) is 5.73 Å². The zero-order valence-electron chi connectivity index (χ0n) is 7.43. The number of benzene rings is 1. The van der Waals surface area contributed by atoms with Crippen LogP contribution in [0.1, 0.15) is 15.9 Å². The molecule has 1 amide bonds. The molecule has 13 heavy (non-hydrogen) atoms. The third kappa shape index (κ3) is 1.83. The summed E-state index contributed by atoms with van der Waals surface area (Å²) in [6.07, 6.45) is 0. The summed E-state index contributed by atoms with van der Waals surface area (Å²) in [7, 11) is 1.50. The molecule has 1 aromatic rings. The Hall–Kier alpha value is -1.03. The number of hydrogen-bond donors (Lipinski definition) is 1. The van der Waals surface area contributed by atoms with Crippen LogP contribution in [0.5, 0.6) is 5.75 Å². The van der Waals surface area contributed by atoms with Crippen molar-refractivity contribution in [3.05, 3.63) is 27.7 Å².